The number of aromatic amines is 2. The third kappa shape index (κ3) is 1.01. The number of nitrogens with zero attached hydrogens (tertiary/aromatic N) is 2. The maximum absolute atomic E-state index is 11.0. The molecule has 2 heterocycles. The first-order valence-electron chi connectivity index (χ1n) is 2.96. The van der Waals surface area contributed by atoms with Gasteiger partial charge in [-0.2, -0.15) is 4.98 Å². The average molecular weight is 168 g/mol. The quantitative estimate of drug-likeness (QED) is 0.416. The van der Waals surface area contributed by atoms with Crippen molar-refractivity contribution >= 4 is 17.1 Å². The van der Waals surface area contributed by atoms with Gasteiger partial charge < -0.3 is 16.9 Å². The van der Waals surface area contributed by atoms with E-state index >= 15 is 0 Å². The van der Waals surface area contributed by atoms with Crippen molar-refractivity contribution in [2.75, 3.05) is 5.73 Å². The monoisotopic (exact) mass is 168 g/mol. The molecule has 64 valence electrons. The van der Waals surface area contributed by atoms with Crippen molar-refractivity contribution in [3.8, 4) is 0 Å². The molecule has 2 aromatic rings. The normalized spacial score (nSPS) is 9.67. The Balaban J connectivity index is 0.000000720. The van der Waals surface area contributed by atoms with Crippen LogP contribution in [0.15, 0.2) is 11.1 Å². The van der Waals surface area contributed by atoms with Gasteiger partial charge in [0.15, 0.2) is 11.2 Å². The van der Waals surface area contributed by atoms with Gasteiger partial charge in [-0.1, -0.05) is 0 Å². The molecule has 2 aromatic heterocycles. The largest absolute Gasteiger partial charge is 0.369 e. The molecule has 0 radical (unpaired) electrons. The van der Waals surface area contributed by atoms with Gasteiger partial charge in [0.1, 0.15) is 0 Å². The first-order chi connectivity index (χ1) is 5.27. The Hall–Kier alpha value is -1.89. The molecular formula is C5H8N6O. The molecule has 0 saturated carbocycles. The zero-order valence-corrected chi connectivity index (χ0v) is 6.16. The lowest BCUT2D eigenvalue weighted by molar-refractivity contribution is 1.17. The standard InChI is InChI=1S/C5H5N5O.H3N/c6-5-9-3-2(4(11)10-5)7-1-8-3;/h1H,(H4,6,7,8,9,10,11);1H3. The second kappa shape index (κ2) is 2.62. The molecule has 7 heteroatoms. The second-order valence-electron chi connectivity index (χ2n) is 2.05. The van der Waals surface area contributed by atoms with E-state index in [-0.39, 0.29) is 17.7 Å². The number of nitrogens with one attached hydrogen (secondary N) is 2. The van der Waals surface area contributed by atoms with Crippen LogP contribution in [-0.4, -0.2) is 19.9 Å². The fourth-order valence-electron chi connectivity index (χ4n) is 0.860. The highest BCUT2D eigenvalue weighted by molar-refractivity contribution is 5.69. The van der Waals surface area contributed by atoms with Crippen molar-refractivity contribution in [3.05, 3.63) is 16.7 Å². The molecule has 0 aliphatic carbocycles. The summed E-state index contributed by atoms with van der Waals surface area (Å²) in [4.78, 5) is 23.5. The lowest BCUT2D eigenvalue weighted by atomic mass is 10.5. The molecule has 0 aliphatic rings. The Labute approximate surface area is 66.6 Å². The van der Waals surface area contributed by atoms with E-state index in [1.54, 1.807) is 0 Å². The van der Waals surface area contributed by atoms with Gasteiger partial charge in [-0.3, -0.25) is 9.78 Å². The van der Waals surface area contributed by atoms with Crippen LogP contribution in [0, 0.1) is 0 Å². The molecule has 0 aliphatic heterocycles. The van der Waals surface area contributed by atoms with E-state index in [9.17, 15) is 4.79 Å². The topological polar surface area (TPSA) is 135 Å². The fraction of sp³-hybridized carbons (Fsp3) is 0. The number of aromatic nitrogens is 4. The second-order valence-corrected chi connectivity index (χ2v) is 2.05. The van der Waals surface area contributed by atoms with Crippen LogP contribution in [0.25, 0.3) is 11.2 Å². The first-order valence-corrected chi connectivity index (χ1v) is 2.96. The Bertz CT molecular complexity index is 442. The minimum Gasteiger partial charge on any atom is -0.369 e. The van der Waals surface area contributed by atoms with Crippen LogP contribution >= 0.6 is 0 Å². The Kier molecular flexibility index (Phi) is 1.80. The third-order valence-corrected chi connectivity index (χ3v) is 1.31. The van der Waals surface area contributed by atoms with E-state index in [1.807, 2.05) is 0 Å². The summed E-state index contributed by atoms with van der Waals surface area (Å²) in [6.07, 6.45) is 1.40. The highest BCUT2D eigenvalue weighted by Gasteiger charge is 2.01. The number of nitrogens with two attached hydrogens (primary N) is 1. The number of rotatable bonds is 0. The molecular weight excluding hydrogens is 160 g/mol. The van der Waals surface area contributed by atoms with Gasteiger partial charge in [0.2, 0.25) is 5.95 Å². The van der Waals surface area contributed by atoms with Crippen LogP contribution in [0.1, 0.15) is 0 Å². The maximum atomic E-state index is 11.0. The van der Waals surface area contributed by atoms with E-state index in [2.05, 4.69) is 19.9 Å². The average Bonchev–Trinajstić information content (AvgIpc) is 2.34. The number of hydrogen-bond donors (Lipinski definition) is 4. The summed E-state index contributed by atoms with van der Waals surface area (Å²) >= 11 is 0. The highest BCUT2D eigenvalue weighted by Crippen LogP contribution is 1.98. The summed E-state index contributed by atoms with van der Waals surface area (Å²) in [5.74, 6) is 0.0783. The van der Waals surface area contributed by atoms with Gasteiger partial charge in [-0.05, 0) is 0 Å². The third-order valence-electron chi connectivity index (χ3n) is 1.31. The molecule has 0 amide bonds. The zero-order valence-electron chi connectivity index (χ0n) is 6.16. The molecule has 0 saturated heterocycles. The summed E-state index contributed by atoms with van der Waals surface area (Å²) in [6, 6.07) is 0. The van der Waals surface area contributed by atoms with Crippen molar-refractivity contribution in [3.63, 3.8) is 0 Å². The summed E-state index contributed by atoms with van der Waals surface area (Å²) < 4.78 is 0. The van der Waals surface area contributed by atoms with Crippen molar-refractivity contribution in [2.45, 2.75) is 0 Å². The van der Waals surface area contributed by atoms with Crippen molar-refractivity contribution in [1.29, 1.82) is 0 Å². The minimum atomic E-state index is -0.301. The van der Waals surface area contributed by atoms with E-state index < -0.39 is 0 Å². The lowest BCUT2D eigenvalue weighted by Crippen LogP contribution is -2.10. The van der Waals surface area contributed by atoms with Gasteiger partial charge in [-0.15, -0.1) is 0 Å². The summed E-state index contributed by atoms with van der Waals surface area (Å²) in [5.41, 5.74) is 5.65. The SMILES string of the molecule is N.Nc1nc2nc[nH]c2c(=O)[nH]1. The number of nitrogen functional groups attached to an aromatic ring is 1. The number of anilines is 1. The van der Waals surface area contributed by atoms with Gasteiger partial charge in [0.05, 0.1) is 6.33 Å². The number of hydrogen-bond acceptors (Lipinski definition) is 5. The Morgan fingerprint density at radius 1 is 1.50 bits per heavy atom. The molecule has 0 spiro atoms. The smallest absolute Gasteiger partial charge is 0.278 e. The summed E-state index contributed by atoms with van der Waals surface area (Å²) in [5, 5.41) is 0. The van der Waals surface area contributed by atoms with Gasteiger partial charge in [0.25, 0.3) is 5.56 Å². The van der Waals surface area contributed by atoms with Crippen molar-refractivity contribution in [1.82, 2.24) is 26.1 Å². The van der Waals surface area contributed by atoms with Gasteiger partial charge in [0, 0.05) is 0 Å². The van der Waals surface area contributed by atoms with Crippen LogP contribution in [0.2, 0.25) is 0 Å². The first kappa shape index (κ1) is 8.21. The molecule has 7 N–H and O–H groups in total. The van der Waals surface area contributed by atoms with E-state index in [1.165, 1.54) is 6.33 Å². The number of fused-ring (bicyclic) bond motifs is 1. The van der Waals surface area contributed by atoms with E-state index in [0.717, 1.165) is 0 Å². The number of H-pyrrole nitrogens is 2. The minimum absolute atomic E-state index is 0. The molecule has 0 bridgehead atoms. The van der Waals surface area contributed by atoms with Crippen LogP contribution in [-0.2, 0) is 0 Å². The van der Waals surface area contributed by atoms with E-state index in [0.29, 0.717) is 11.2 Å². The van der Waals surface area contributed by atoms with Crippen LogP contribution < -0.4 is 17.4 Å². The summed E-state index contributed by atoms with van der Waals surface area (Å²) in [6.45, 7) is 0. The summed E-state index contributed by atoms with van der Waals surface area (Å²) in [7, 11) is 0. The van der Waals surface area contributed by atoms with Crippen LogP contribution in [0.4, 0.5) is 5.95 Å². The van der Waals surface area contributed by atoms with Gasteiger partial charge >= 0.3 is 0 Å². The Morgan fingerprint density at radius 3 is 3.00 bits per heavy atom. The molecule has 2 rings (SSSR count). The van der Waals surface area contributed by atoms with Crippen molar-refractivity contribution in [2.24, 2.45) is 0 Å². The predicted octanol–water partition coefficient (Wildman–Crippen LogP) is -0.610. The zero-order chi connectivity index (χ0) is 7.84. The number of imidazole rings is 1. The molecule has 7 nitrogen and oxygen atoms in total. The molecule has 0 unspecified atom stereocenters. The lowest BCUT2D eigenvalue weighted by Gasteiger charge is -1.89. The molecule has 0 aromatic carbocycles. The maximum Gasteiger partial charge on any atom is 0.278 e. The molecule has 0 fully saturated rings. The Morgan fingerprint density at radius 2 is 2.25 bits per heavy atom. The van der Waals surface area contributed by atoms with Crippen LogP contribution in [0.3, 0.4) is 0 Å². The van der Waals surface area contributed by atoms with Crippen LogP contribution in [0.5, 0.6) is 0 Å². The highest BCUT2D eigenvalue weighted by atomic mass is 16.1. The molecule has 12 heavy (non-hydrogen) atoms. The van der Waals surface area contributed by atoms with E-state index in [4.69, 9.17) is 5.73 Å². The molecule has 0 atom stereocenters. The predicted molar refractivity (Wildman–Crippen MR) is 43.9 cm³/mol. The van der Waals surface area contributed by atoms with Gasteiger partial charge in [-0.25, -0.2) is 4.98 Å². The van der Waals surface area contributed by atoms with Crippen molar-refractivity contribution < 1.29 is 0 Å². The fourth-order valence-corrected chi connectivity index (χ4v) is 0.860.